The molecule has 0 saturated carbocycles. The summed E-state index contributed by atoms with van der Waals surface area (Å²) in [5, 5.41) is 13.9. The van der Waals surface area contributed by atoms with Gasteiger partial charge in [0.25, 0.3) is 0 Å². The second kappa shape index (κ2) is 8.34. The Morgan fingerprint density at radius 3 is 2.52 bits per heavy atom. The SMILES string of the molecule is COc1ccc(-c2nn(CC(=O)O)c(N)c2Cc2cc(C)c(OC)c3c2CCC3)cc1. The summed E-state index contributed by atoms with van der Waals surface area (Å²) in [5.41, 5.74) is 13.7. The molecule has 7 heteroatoms. The van der Waals surface area contributed by atoms with E-state index in [1.165, 1.54) is 21.4 Å². The zero-order valence-corrected chi connectivity index (χ0v) is 18.1. The molecule has 3 aromatic rings. The van der Waals surface area contributed by atoms with E-state index in [-0.39, 0.29) is 6.54 Å². The minimum Gasteiger partial charge on any atom is -0.497 e. The van der Waals surface area contributed by atoms with E-state index in [4.69, 9.17) is 15.2 Å². The summed E-state index contributed by atoms with van der Waals surface area (Å²) in [6.07, 6.45) is 3.69. The van der Waals surface area contributed by atoms with Crippen molar-refractivity contribution in [3.8, 4) is 22.8 Å². The first-order chi connectivity index (χ1) is 14.9. The first-order valence-electron chi connectivity index (χ1n) is 10.3. The van der Waals surface area contributed by atoms with Gasteiger partial charge in [0, 0.05) is 17.5 Å². The van der Waals surface area contributed by atoms with Gasteiger partial charge in [-0.2, -0.15) is 5.10 Å². The number of nitrogens with zero attached hydrogens (tertiary/aromatic N) is 2. The zero-order chi connectivity index (χ0) is 22.1. The smallest absolute Gasteiger partial charge is 0.325 e. The van der Waals surface area contributed by atoms with E-state index in [1.807, 2.05) is 24.3 Å². The van der Waals surface area contributed by atoms with Crippen LogP contribution >= 0.6 is 0 Å². The molecule has 31 heavy (non-hydrogen) atoms. The van der Waals surface area contributed by atoms with E-state index in [9.17, 15) is 9.90 Å². The fourth-order valence-corrected chi connectivity index (χ4v) is 4.55. The number of hydrogen-bond acceptors (Lipinski definition) is 5. The Hall–Kier alpha value is -3.48. The quantitative estimate of drug-likeness (QED) is 0.604. The van der Waals surface area contributed by atoms with Crippen molar-refractivity contribution in [3.05, 3.63) is 58.1 Å². The molecule has 7 nitrogen and oxygen atoms in total. The molecule has 1 aliphatic rings. The molecule has 2 aromatic carbocycles. The van der Waals surface area contributed by atoms with Crippen molar-refractivity contribution in [1.82, 2.24) is 9.78 Å². The number of benzene rings is 2. The molecule has 1 aromatic heterocycles. The van der Waals surface area contributed by atoms with Crippen molar-refractivity contribution in [1.29, 1.82) is 0 Å². The monoisotopic (exact) mass is 421 g/mol. The third-order valence-corrected chi connectivity index (χ3v) is 5.94. The molecule has 0 aliphatic heterocycles. The zero-order valence-electron chi connectivity index (χ0n) is 18.1. The minimum absolute atomic E-state index is 0.283. The van der Waals surface area contributed by atoms with Crippen molar-refractivity contribution < 1.29 is 19.4 Å². The number of nitrogens with two attached hydrogens (primary N) is 1. The predicted molar refractivity (Wildman–Crippen MR) is 119 cm³/mol. The van der Waals surface area contributed by atoms with Crippen molar-refractivity contribution in [3.63, 3.8) is 0 Å². The van der Waals surface area contributed by atoms with Crippen LogP contribution in [0.3, 0.4) is 0 Å². The molecule has 0 radical (unpaired) electrons. The molecule has 0 spiro atoms. The van der Waals surface area contributed by atoms with E-state index >= 15 is 0 Å². The van der Waals surface area contributed by atoms with Gasteiger partial charge in [0.1, 0.15) is 23.9 Å². The number of methoxy groups -OCH3 is 2. The lowest BCUT2D eigenvalue weighted by Crippen LogP contribution is -2.13. The fraction of sp³-hybridized carbons (Fsp3) is 0.333. The van der Waals surface area contributed by atoms with Gasteiger partial charge in [0.05, 0.1) is 19.9 Å². The molecule has 0 bridgehead atoms. The molecule has 0 fully saturated rings. The average molecular weight is 421 g/mol. The van der Waals surface area contributed by atoms with Gasteiger partial charge < -0.3 is 20.3 Å². The van der Waals surface area contributed by atoms with Crippen LogP contribution in [-0.2, 0) is 30.6 Å². The van der Waals surface area contributed by atoms with Crippen LogP contribution in [0.5, 0.6) is 11.5 Å². The number of hydrogen-bond donors (Lipinski definition) is 2. The Morgan fingerprint density at radius 2 is 1.87 bits per heavy atom. The maximum Gasteiger partial charge on any atom is 0.325 e. The van der Waals surface area contributed by atoms with Crippen molar-refractivity contribution in [2.24, 2.45) is 0 Å². The third-order valence-electron chi connectivity index (χ3n) is 5.94. The van der Waals surface area contributed by atoms with Crippen LogP contribution in [0.4, 0.5) is 5.82 Å². The molecule has 0 atom stereocenters. The van der Waals surface area contributed by atoms with Crippen molar-refractivity contribution >= 4 is 11.8 Å². The van der Waals surface area contributed by atoms with Gasteiger partial charge in [-0.25, -0.2) is 4.68 Å². The Kier molecular flexibility index (Phi) is 5.59. The molecule has 1 heterocycles. The predicted octanol–water partition coefficient (Wildman–Crippen LogP) is 3.62. The highest BCUT2D eigenvalue weighted by Gasteiger charge is 2.25. The Balaban J connectivity index is 1.82. The standard InChI is InChI=1S/C24H27N3O4/c1-14-11-16(18-5-4-6-19(18)23(14)31-3)12-20-22(15-7-9-17(30-2)10-8-15)26-27(24(20)25)13-21(28)29/h7-11H,4-6,12-13,25H2,1-3H3,(H,28,29). The van der Waals surface area contributed by atoms with Gasteiger partial charge in [-0.1, -0.05) is 6.07 Å². The summed E-state index contributed by atoms with van der Waals surface area (Å²) < 4.78 is 12.3. The van der Waals surface area contributed by atoms with E-state index in [0.29, 0.717) is 17.9 Å². The molecular weight excluding hydrogens is 394 g/mol. The number of ether oxygens (including phenoxy) is 2. The normalized spacial score (nSPS) is 12.6. The van der Waals surface area contributed by atoms with Crippen LogP contribution in [0.2, 0.25) is 0 Å². The molecular formula is C24H27N3O4. The van der Waals surface area contributed by atoms with Crippen LogP contribution in [0.25, 0.3) is 11.3 Å². The van der Waals surface area contributed by atoms with E-state index in [1.54, 1.807) is 14.2 Å². The number of fused-ring (bicyclic) bond motifs is 1. The van der Waals surface area contributed by atoms with Gasteiger partial charge in [0.2, 0.25) is 0 Å². The summed E-state index contributed by atoms with van der Waals surface area (Å²) in [4.78, 5) is 11.3. The minimum atomic E-state index is -0.983. The highest BCUT2D eigenvalue weighted by Crippen LogP contribution is 2.39. The largest absolute Gasteiger partial charge is 0.497 e. The van der Waals surface area contributed by atoms with Gasteiger partial charge in [-0.3, -0.25) is 4.79 Å². The number of nitrogen functional groups attached to an aromatic ring is 1. The highest BCUT2D eigenvalue weighted by atomic mass is 16.5. The number of anilines is 1. The second-order valence-corrected chi connectivity index (χ2v) is 7.87. The van der Waals surface area contributed by atoms with Crippen molar-refractivity contribution in [2.45, 2.75) is 39.2 Å². The maximum absolute atomic E-state index is 11.3. The Labute approximate surface area is 181 Å². The van der Waals surface area contributed by atoms with Crippen LogP contribution in [-0.4, -0.2) is 35.1 Å². The van der Waals surface area contributed by atoms with Crippen LogP contribution in [0.15, 0.2) is 30.3 Å². The van der Waals surface area contributed by atoms with E-state index in [2.05, 4.69) is 18.1 Å². The number of carboxylic acid groups (broad SMARTS) is 1. The number of aryl methyl sites for hydroxylation is 1. The Morgan fingerprint density at radius 1 is 1.16 bits per heavy atom. The summed E-state index contributed by atoms with van der Waals surface area (Å²) in [5.74, 6) is 1.12. The first-order valence-corrected chi connectivity index (χ1v) is 10.3. The molecule has 4 rings (SSSR count). The summed E-state index contributed by atoms with van der Waals surface area (Å²) in [6.45, 7) is 1.78. The highest BCUT2D eigenvalue weighted by molar-refractivity contribution is 5.72. The molecule has 1 aliphatic carbocycles. The fourth-order valence-electron chi connectivity index (χ4n) is 4.55. The van der Waals surface area contributed by atoms with Gasteiger partial charge in [-0.05, 0) is 72.7 Å². The molecule has 0 amide bonds. The number of carbonyl (C=O) groups is 1. The van der Waals surface area contributed by atoms with Crippen LogP contribution < -0.4 is 15.2 Å². The lowest BCUT2D eigenvalue weighted by molar-refractivity contribution is -0.137. The lowest BCUT2D eigenvalue weighted by Gasteiger charge is -2.16. The maximum atomic E-state index is 11.3. The van der Waals surface area contributed by atoms with E-state index < -0.39 is 5.97 Å². The molecule has 162 valence electrons. The summed E-state index contributed by atoms with van der Waals surface area (Å²) >= 11 is 0. The molecule has 0 unspecified atom stereocenters. The topological polar surface area (TPSA) is 99.6 Å². The summed E-state index contributed by atoms with van der Waals surface area (Å²) in [6, 6.07) is 9.72. The van der Waals surface area contributed by atoms with E-state index in [0.717, 1.165) is 47.5 Å². The third kappa shape index (κ3) is 3.83. The Bertz CT molecular complexity index is 1130. The van der Waals surface area contributed by atoms with Crippen LogP contribution in [0, 0.1) is 6.92 Å². The second-order valence-electron chi connectivity index (χ2n) is 7.87. The lowest BCUT2D eigenvalue weighted by atomic mass is 9.93. The average Bonchev–Trinajstić information content (AvgIpc) is 3.35. The van der Waals surface area contributed by atoms with Gasteiger partial charge in [0.15, 0.2) is 0 Å². The molecule has 0 saturated heterocycles. The summed E-state index contributed by atoms with van der Waals surface area (Å²) in [7, 11) is 3.34. The number of carboxylic acids is 1. The van der Waals surface area contributed by atoms with Gasteiger partial charge in [-0.15, -0.1) is 0 Å². The number of rotatable bonds is 7. The van der Waals surface area contributed by atoms with Crippen LogP contribution in [0.1, 0.15) is 34.2 Å². The van der Waals surface area contributed by atoms with Crippen molar-refractivity contribution in [2.75, 3.05) is 20.0 Å². The first kappa shape index (κ1) is 20.8. The number of aliphatic carboxylic acids is 1. The number of aromatic nitrogens is 2. The van der Waals surface area contributed by atoms with Gasteiger partial charge >= 0.3 is 5.97 Å². The molecule has 3 N–H and O–H groups in total.